The topological polar surface area (TPSA) is 498 Å². The zero-order chi connectivity index (χ0) is 103. The van der Waals surface area contributed by atoms with Gasteiger partial charge in [-0.15, -0.1) is 0 Å². The van der Waals surface area contributed by atoms with Crippen molar-refractivity contribution in [2.24, 2.45) is 21.7 Å². The minimum Gasteiger partial charge on any atom is -0.462 e. The van der Waals surface area contributed by atoms with E-state index in [1.54, 1.807) is 24.3 Å². The van der Waals surface area contributed by atoms with Crippen molar-refractivity contribution in [2.45, 2.75) is 69.2 Å². The molecule has 722 valence electrons. The number of rotatable bonds is 47. The molecule has 3 aliphatic heterocycles. The maximum atomic E-state index is 12.4. The standard InChI is InChI=1S/C34H46O13.C21H28O8.C14H18O7.C10H7NO2.C10H10.C4H3NO2.C4H2O3/c1-21(2)27(35)42-15-33(16-43-28(36)22(3)4,17-44-29(37)23(5)6)13-41-14-34(18-45-30(38)24(7)8,19-46-31(39)25(9)10)20-47-32(40)26(11)12;1-13(2)17(22)26-9-21(10-27-18(23)14(3)4,11-28-19(24)15(5)6)12-29-20(25)16(7)8;1-4-11(16)19-8-14(7-15,9-20-12(17)5-2)10-21-13(18)6-3;12-9-6-7-10(13)11(9)8-4-2-1-3-5-8;1-3-9-5-7-10(4-2)8-6-9;6-3-1-2-4(7)5-3;5-3-1-2-4(6)7-3/h1,3,5,7,9,11,13-20H2,2,4,6,8,10,12H3;1,3,5,7,9-12H2,2,4,6,8H3;4-6,15H,1-3,7-10H2;1-7H;3-8H,1-2H2;1-2H,(H,5,6,7);1-2H. The Hall–Kier alpha value is -15.8. The van der Waals surface area contributed by atoms with Gasteiger partial charge in [-0.3, -0.25) is 24.5 Å². The highest BCUT2D eigenvalue weighted by Gasteiger charge is 2.43. The van der Waals surface area contributed by atoms with Gasteiger partial charge in [0, 0.05) is 110 Å². The summed E-state index contributed by atoms with van der Waals surface area (Å²) in [5, 5.41) is 11.5. The molecular formula is C97H114N2O35. The lowest BCUT2D eigenvalue weighted by Crippen LogP contribution is -2.47. The van der Waals surface area contributed by atoms with E-state index < -0.39 is 171 Å². The minimum atomic E-state index is -1.52. The molecule has 5 rings (SSSR count). The monoisotopic (exact) mass is 1870 g/mol. The van der Waals surface area contributed by atoms with Crippen LogP contribution in [0.2, 0.25) is 0 Å². The van der Waals surface area contributed by atoms with Gasteiger partial charge in [0.05, 0.1) is 41.8 Å². The van der Waals surface area contributed by atoms with E-state index >= 15 is 0 Å². The predicted octanol–water partition coefficient (Wildman–Crippen LogP) is 9.21. The van der Waals surface area contributed by atoms with E-state index in [2.05, 4.69) is 103 Å². The number of nitrogens with one attached hydrogen (secondary N) is 1. The number of para-hydroxylation sites is 1. The number of imide groups is 2. The van der Waals surface area contributed by atoms with Crippen LogP contribution >= 0.6 is 0 Å². The van der Waals surface area contributed by atoms with Gasteiger partial charge in [-0.2, -0.15) is 0 Å². The Balaban J connectivity index is 0. The number of nitrogens with zero attached hydrogens (tertiary/aromatic N) is 1. The van der Waals surface area contributed by atoms with Crippen LogP contribution in [-0.2, 0) is 162 Å². The Labute approximate surface area is 776 Å². The third-order valence-electron chi connectivity index (χ3n) is 16.2. The second kappa shape index (κ2) is 62.4. The number of carbonyl (C=O) groups excluding carboxylic acids is 19. The maximum Gasteiger partial charge on any atom is 0.338 e. The number of benzene rings is 2. The van der Waals surface area contributed by atoms with Crippen molar-refractivity contribution in [3.8, 4) is 0 Å². The van der Waals surface area contributed by atoms with E-state index in [1.165, 1.54) is 93.5 Å². The lowest BCUT2D eigenvalue weighted by Gasteiger charge is -2.35. The summed E-state index contributed by atoms with van der Waals surface area (Å²) in [6.07, 6.45) is 13.6. The van der Waals surface area contributed by atoms with Crippen LogP contribution in [0.3, 0.4) is 0 Å². The molecule has 0 unspecified atom stereocenters. The molecule has 0 atom stereocenters. The quantitative estimate of drug-likeness (QED) is 0.0205. The number of cyclic esters (lactones) is 2. The fourth-order valence-corrected chi connectivity index (χ4v) is 8.42. The van der Waals surface area contributed by atoms with Crippen molar-refractivity contribution >= 4 is 131 Å². The Bertz CT molecular complexity index is 4380. The summed E-state index contributed by atoms with van der Waals surface area (Å²) in [6.45, 7) is 59.7. The molecule has 3 heterocycles. The van der Waals surface area contributed by atoms with Gasteiger partial charge in [-0.05, 0) is 92.5 Å². The van der Waals surface area contributed by atoms with Crippen molar-refractivity contribution in [3.05, 3.63) is 275 Å². The first kappa shape index (κ1) is 120. The predicted molar refractivity (Wildman–Crippen MR) is 486 cm³/mol. The zero-order valence-corrected chi connectivity index (χ0v) is 76.7. The second-order valence-electron chi connectivity index (χ2n) is 29.7. The summed E-state index contributed by atoms with van der Waals surface area (Å²) < 4.78 is 77.4. The van der Waals surface area contributed by atoms with Crippen LogP contribution in [0.15, 0.2) is 264 Å². The molecule has 37 heteroatoms. The SMILES string of the molecule is C=C(C)C(=O)OCC(COC(=O)C(=C)C)(COC(=O)C(=C)C)COC(=O)C(=C)C.C=C(C)C(=O)OCC(COCC(COC(=O)C(=C)C)(COC(=O)C(=C)C)COC(=O)C(=C)C)(COC(=O)C(=C)C)COC(=O)C(=C)C.C=CC(=O)OCC(CO)(COC(=O)C=C)COC(=O)C=C.C=Cc1ccc(C=C)cc1.O=C1C=CC(=O)N1.O=C1C=CC(=O)N1c1ccccc1.O=C1C=CC(=O)O1. The Morgan fingerprint density at radius 3 is 0.679 bits per heavy atom. The first-order valence-electron chi connectivity index (χ1n) is 39.4. The number of carbonyl (C=O) groups is 19. The lowest BCUT2D eigenvalue weighted by atomic mass is 9.90. The van der Waals surface area contributed by atoms with Crippen molar-refractivity contribution in [1.29, 1.82) is 0 Å². The van der Waals surface area contributed by atoms with E-state index in [0.29, 0.717) is 5.69 Å². The smallest absolute Gasteiger partial charge is 0.338 e. The Kier molecular flexibility index (Phi) is 56.0. The van der Waals surface area contributed by atoms with Crippen LogP contribution in [0, 0.1) is 21.7 Å². The fraction of sp³-hybridized carbons (Fsp3) is 0.309. The third-order valence-corrected chi connectivity index (χ3v) is 16.2. The molecule has 0 fully saturated rings. The summed E-state index contributed by atoms with van der Waals surface area (Å²) in [7, 11) is 0. The fourth-order valence-electron chi connectivity index (χ4n) is 8.42. The average molecular weight is 1870 g/mol. The summed E-state index contributed by atoms with van der Waals surface area (Å²) in [5.74, 6) is -12.1. The van der Waals surface area contributed by atoms with E-state index in [1.807, 2.05) is 47.8 Å². The molecule has 2 aromatic rings. The first-order chi connectivity index (χ1) is 62.6. The van der Waals surface area contributed by atoms with Gasteiger partial charge in [-0.25, -0.2) is 76.8 Å². The number of amides is 4. The number of hydrogen-bond acceptors (Lipinski definition) is 35. The highest BCUT2D eigenvalue weighted by atomic mass is 16.6. The number of aliphatic hydroxyl groups excluding tert-OH is 1. The van der Waals surface area contributed by atoms with Gasteiger partial charge >= 0.3 is 89.5 Å². The normalized spacial score (nSPS) is 11.6. The maximum absolute atomic E-state index is 12.4. The number of esters is 15. The Morgan fingerprint density at radius 1 is 0.306 bits per heavy atom. The molecule has 2 N–H and O–H groups in total. The first-order valence-corrected chi connectivity index (χ1v) is 39.4. The summed E-state index contributed by atoms with van der Waals surface area (Å²) >= 11 is 0. The highest BCUT2D eigenvalue weighted by molar-refractivity contribution is 6.28. The van der Waals surface area contributed by atoms with Crippen molar-refractivity contribution in [3.63, 3.8) is 0 Å². The number of ether oxygens (including phenoxy) is 15. The molecule has 0 aromatic heterocycles. The molecule has 0 saturated carbocycles. The number of anilines is 1. The number of aliphatic hydroxyl groups is 1. The lowest BCUT2D eigenvalue weighted by molar-refractivity contribution is -0.172. The molecule has 0 radical (unpaired) electrons. The van der Waals surface area contributed by atoms with Crippen molar-refractivity contribution in [1.82, 2.24) is 5.32 Å². The molecule has 0 bridgehead atoms. The van der Waals surface area contributed by atoms with Gasteiger partial charge in [0.2, 0.25) is 0 Å². The third kappa shape index (κ3) is 49.7. The Morgan fingerprint density at radius 2 is 0.515 bits per heavy atom. The van der Waals surface area contributed by atoms with Crippen molar-refractivity contribution < 1.29 is 167 Å². The molecule has 0 saturated heterocycles. The molecule has 3 aliphatic rings. The molecule has 2 aromatic carbocycles. The van der Waals surface area contributed by atoms with Crippen molar-refractivity contribution in [2.75, 3.05) is 111 Å². The van der Waals surface area contributed by atoms with Gasteiger partial charge in [-0.1, -0.05) is 153 Å². The molecule has 37 nitrogen and oxygen atoms in total. The highest BCUT2D eigenvalue weighted by Crippen LogP contribution is 2.29. The molecule has 134 heavy (non-hydrogen) atoms. The van der Waals surface area contributed by atoms with Gasteiger partial charge in [0.15, 0.2) is 0 Å². The second-order valence-corrected chi connectivity index (χ2v) is 29.7. The van der Waals surface area contributed by atoms with E-state index in [0.717, 1.165) is 46.4 Å². The average Bonchev–Trinajstić information content (AvgIpc) is 1.76. The largest absolute Gasteiger partial charge is 0.462 e. The summed E-state index contributed by atoms with van der Waals surface area (Å²) in [6, 6.07) is 16.9. The molecule has 4 amide bonds. The van der Waals surface area contributed by atoms with Crippen LogP contribution in [-0.4, -0.2) is 224 Å². The molecule has 0 aliphatic carbocycles. The minimum absolute atomic E-state index is 0.0645. The summed E-state index contributed by atoms with van der Waals surface area (Å²) in [5.41, 5.74) is -1.87. The molecular weight excluding hydrogens is 1750 g/mol. The van der Waals surface area contributed by atoms with E-state index in [-0.39, 0.29) is 126 Å². The molecule has 0 spiro atoms. The van der Waals surface area contributed by atoms with Crippen LogP contribution in [0.25, 0.3) is 12.2 Å². The van der Waals surface area contributed by atoms with Crippen LogP contribution < -0.4 is 10.2 Å². The number of hydrogen-bond donors (Lipinski definition) is 2. The zero-order valence-electron chi connectivity index (χ0n) is 76.7. The van der Waals surface area contributed by atoms with Gasteiger partial charge in [0.25, 0.3) is 23.6 Å². The van der Waals surface area contributed by atoms with Crippen LogP contribution in [0.1, 0.15) is 80.4 Å². The van der Waals surface area contributed by atoms with Crippen LogP contribution in [0.5, 0.6) is 0 Å². The van der Waals surface area contributed by atoms with E-state index in [4.69, 9.17) is 66.3 Å². The summed E-state index contributed by atoms with van der Waals surface area (Å²) in [4.78, 5) is 218. The van der Waals surface area contributed by atoms with E-state index in [9.17, 15) is 96.2 Å². The van der Waals surface area contributed by atoms with Gasteiger partial charge in [0.1, 0.15) is 91.3 Å². The van der Waals surface area contributed by atoms with Crippen LogP contribution in [0.4, 0.5) is 5.69 Å². The van der Waals surface area contributed by atoms with Gasteiger partial charge < -0.3 is 76.2 Å².